The van der Waals surface area contributed by atoms with Gasteiger partial charge in [-0.2, -0.15) is 0 Å². The molecular weight excluding hydrogens is 448 g/mol. The highest BCUT2D eigenvalue weighted by molar-refractivity contribution is 5.95. The van der Waals surface area contributed by atoms with Crippen LogP contribution in [-0.2, 0) is 5.41 Å². The van der Waals surface area contributed by atoms with Crippen LogP contribution in [0.25, 0.3) is 22.3 Å². The van der Waals surface area contributed by atoms with Gasteiger partial charge in [0.25, 0.3) is 0 Å². The smallest absolute Gasteiger partial charge is 0.119 e. The zero-order valence-corrected chi connectivity index (χ0v) is 22.8. The number of hydrogen-bond acceptors (Lipinski definition) is 1. The van der Waals surface area contributed by atoms with Gasteiger partial charge < -0.3 is 4.74 Å². The minimum Gasteiger partial charge on any atom is -0.494 e. The lowest BCUT2D eigenvalue weighted by molar-refractivity contribution is 0.304. The van der Waals surface area contributed by atoms with Gasteiger partial charge in [0.05, 0.1) is 12.0 Å². The van der Waals surface area contributed by atoms with E-state index in [0.29, 0.717) is 0 Å². The first-order valence-electron chi connectivity index (χ1n) is 14.2. The van der Waals surface area contributed by atoms with E-state index in [0.717, 1.165) is 18.8 Å². The van der Waals surface area contributed by atoms with Gasteiger partial charge >= 0.3 is 0 Å². The molecular formula is C36H38O. The highest BCUT2D eigenvalue weighted by Gasteiger charge is 2.51. The number of rotatable bonds is 8. The van der Waals surface area contributed by atoms with Gasteiger partial charge in [0.2, 0.25) is 0 Å². The molecule has 0 atom stereocenters. The van der Waals surface area contributed by atoms with Gasteiger partial charge in [-0.15, -0.1) is 0 Å². The molecule has 1 heteroatoms. The topological polar surface area (TPSA) is 9.23 Å². The molecule has 0 unspecified atom stereocenters. The molecule has 0 bridgehead atoms. The molecule has 4 aromatic carbocycles. The maximum Gasteiger partial charge on any atom is 0.119 e. The van der Waals surface area contributed by atoms with E-state index < -0.39 is 0 Å². The average Bonchev–Trinajstić information content (AvgIpc) is 3.33. The lowest BCUT2D eigenvalue weighted by Crippen LogP contribution is -2.26. The quantitative estimate of drug-likeness (QED) is 0.195. The Balaban J connectivity index is 1.46. The second-order valence-corrected chi connectivity index (χ2v) is 11.2. The predicted octanol–water partition coefficient (Wildman–Crippen LogP) is 9.69. The van der Waals surface area contributed by atoms with Crippen molar-refractivity contribution in [2.75, 3.05) is 6.61 Å². The summed E-state index contributed by atoms with van der Waals surface area (Å²) < 4.78 is 6.31. The maximum atomic E-state index is 6.31. The van der Waals surface area contributed by atoms with Crippen molar-refractivity contribution in [3.05, 3.63) is 112 Å². The summed E-state index contributed by atoms with van der Waals surface area (Å²) in [6, 6.07) is 27.9. The van der Waals surface area contributed by atoms with Crippen LogP contribution in [0.5, 0.6) is 5.75 Å². The van der Waals surface area contributed by atoms with Crippen LogP contribution in [0.3, 0.4) is 0 Å². The number of fused-ring (bicyclic) bond motifs is 10. The third-order valence-electron chi connectivity index (χ3n) is 8.48. The second kappa shape index (κ2) is 9.53. The Kier molecular flexibility index (Phi) is 6.19. The molecule has 0 heterocycles. The summed E-state index contributed by atoms with van der Waals surface area (Å²) >= 11 is 0. The third kappa shape index (κ3) is 3.82. The van der Waals surface area contributed by atoms with E-state index in [1.807, 2.05) is 0 Å². The molecule has 188 valence electrons. The summed E-state index contributed by atoms with van der Waals surface area (Å²) in [5.41, 5.74) is 14.6. The highest BCUT2D eigenvalue weighted by Crippen LogP contribution is 2.63. The number of unbranched alkanes of at least 4 members (excludes halogenated alkanes) is 5. The van der Waals surface area contributed by atoms with Gasteiger partial charge in [-0.1, -0.05) is 116 Å². The minimum atomic E-state index is -0.279. The first-order valence-corrected chi connectivity index (χ1v) is 14.2. The largest absolute Gasteiger partial charge is 0.494 e. The molecule has 0 N–H and O–H groups in total. The number of aryl methyl sites for hydroxylation is 3. The predicted molar refractivity (Wildman–Crippen MR) is 156 cm³/mol. The molecule has 0 fully saturated rings. The zero-order chi connectivity index (χ0) is 25.6. The summed E-state index contributed by atoms with van der Waals surface area (Å²) in [4.78, 5) is 0. The minimum absolute atomic E-state index is 0.279. The first kappa shape index (κ1) is 24.0. The fourth-order valence-electron chi connectivity index (χ4n) is 6.72. The van der Waals surface area contributed by atoms with Gasteiger partial charge in [-0.05, 0) is 83.8 Å². The summed E-state index contributed by atoms with van der Waals surface area (Å²) in [6.07, 6.45) is 7.67. The molecule has 0 saturated carbocycles. The number of ether oxygens (including phenoxy) is 1. The van der Waals surface area contributed by atoms with Crippen molar-refractivity contribution in [2.24, 2.45) is 0 Å². The summed E-state index contributed by atoms with van der Waals surface area (Å²) in [5, 5.41) is 0. The standard InChI is InChI=1S/C36H38O/c1-5-6-7-8-9-10-19-37-27-14-18-33-31(23-27)30-20-24(2)13-17-32(30)36(33)34-21-25(3)11-15-28(34)29-16-12-26(4)22-35(29)36/h11-18,20-23H,5-10,19H2,1-4H3. The van der Waals surface area contributed by atoms with E-state index in [1.54, 1.807) is 0 Å². The average molecular weight is 487 g/mol. The highest BCUT2D eigenvalue weighted by atomic mass is 16.5. The van der Waals surface area contributed by atoms with Gasteiger partial charge in [0, 0.05) is 0 Å². The molecule has 2 aliphatic carbocycles. The van der Waals surface area contributed by atoms with Crippen molar-refractivity contribution in [1.82, 2.24) is 0 Å². The van der Waals surface area contributed by atoms with E-state index in [9.17, 15) is 0 Å². The summed E-state index contributed by atoms with van der Waals surface area (Å²) in [5.74, 6) is 0.990. The van der Waals surface area contributed by atoms with E-state index >= 15 is 0 Å². The van der Waals surface area contributed by atoms with Crippen molar-refractivity contribution in [2.45, 2.75) is 71.6 Å². The van der Waals surface area contributed by atoms with Gasteiger partial charge in [-0.25, -0.2) is 0 Å². The SMILES string of the molecule is CCCCCCCCOc1ccc2c(c1)-c1cc(C)ccc1C21c2cc(C)ccc2-c2ccc(C)cc21. The molecule has 37 heavy (non-hydrogen) atoms. The van der Waals surface area contributed by atoms with Crippen LogP contribution < -0.4 is 4.74 Å². The zero-order valence-electron chi connectivity index (χ0n) is 22.8. The fraction of sp³-hybridized carbons (Fsp3) is 0.333. The number of benzene rings is 4. The molecule has 0 amide bonds. The van der Waals surface area contributed by atoms with Crippen LogP contribution >= 0.6 is 0 Å². The van der Waals surface area contributed by atoms with Gasteiger partial charge in [-0.3, -0.25) is 0 Å². The van der Waals surface area contributed by atoms with Crippen LogP contribution in [0.2, 0.25) is 0 Å². The molecule has 6 rings (SSSR count). The first-order chi connectivity index (χ1) is 18.0. The fourth-order valence-corrected chi connectivity index (χ4v) is 6.72. The molecule has 0 aliphatic heterocycles. The van der Waals surface area contributed by atoms with Crippen molar-refractivity contribution >= 4 is 0 Å². The normalized spacial score (nSPS) is 13.8. The van der Waals surface area contributed by atoms with E-state index in [2.05, 4.69) is 100 Å². The third-order valence-corrected chi connectivity index (χ3v) is 8.48. The van der Waals surface area contributed by atoms with Crippen molar-refractivity contribution in [1.29, 1.82) is 0 Å². The Labute approximate surface area is 222 Å². The summed E-state index contributed by atoms with van der Waals surface area (Å²) in [7, 11) is 0. The molecule has 0 saturated heterocycles. The van der Waals surface area contributed by atoms with E-state index in [-0.39, 0.29) is 5.41 Å². The lowest BCUT2D eigenvalue weighted by Gasteiger charge is -2.31. The van der Waals surface area contributed by atoms with Crippen LogP contribution in [-0.4, -0.2) is 6.61 Å². The van der Waals surface area contributed by atoms with Gasteiger partial charge in [0.15, 0.2) is 0 Å². The molecule has 1 spiro atoms. The van der Waals surface area contributed by atoms with Crippen molar-refractivity contribution in [3.63, 3.8) is 0 Å². The van der Waals surface area contributed by atoms with Crippen LogP contribution in [0.4, 0.5) is 0 Å². The van der Waals surface area contributed by atoms with Crippen LogP contribution in [0, 0.1) is 20.8 Å². The van der Waals surface area contributed by atoms with Crippen LogP contribution in [0.15, 0.2) is 72.8 Å². The Hall–Kier alpha value is -3.32. The van der Waals surface area contributed by atoms with Crippen molar-refractivity contribution in [3.8, 4) is 28.0 Å². The molecule has 2 aliphatic rings. The Bertz CT molecular complexity index is 1420. The number of hydrogen-bond donors (Lipinski definition) is 0. The van der Waals surface area contributed by atoms with E-state index in [4.69, 9.17) is 4.74 Å². The Morgan fingerprint density at radius 2 is 1.05 bits per heavy atom. The van der Waals surface area contributed by atoms with E-state index in [1.165, 1.54) is 93.3 Å². The lowest BCUT2D eigenvalue weighted by atomic mass is 9.70. The molecule has 4 aromatic rings. The monoisotopic (exact) mass is 486 g/mol. The molecule has 0 aromatic heterocycles. The second-order valence-electron chi connectivity index (χ2n) is 11.2. The summed E-state index contributed by atoms with van der Waals surface area (Å²) in [6.45, 7) is 9.70. The maximum absolute atomic E-state index is 6.31. The molecule has 0 radical (unpaired) electrons. The van der Waals surface area contributed by atoms with Crippen molar-refractivity contribution < 1.29 is 4.74 Å². The van der Waals surface area contributed by atoms with Gasteiger partial charge in [0.1, 0.15) is 5.75 Å². The van der Waals surface area contributed by atoms with Crippen LogP contribution in [0.1, 0.15) is 84.4 Å². The Morgan fingerprint density at radius 3 is 1.73 bits per heavy atom. The Morgan fingerprint density at radius 1 is 0.514 bits per heavy atom. The molecule has 1 nitrogen and oxygen atoms in total.